The molecule has 0 fully saturated rings. The summed E-state index contributed by atoms with van der Waals surface area (Å²) in [6.45, 7) is 14.7. The summed E-state index contributed by atoms with van der Waals surface area (Å²) in [5.74, 6) is 0.0906. The van der Waals surface area contributed by atoms with Gasteiger partial charge in [-0.3, -0.25) is 4.79 Å². The molecule has 0 saturated heterocycles. The standard InChI is InChI=1S/C35H61F2O3P/c1-8-9-10-11-12-13-14-15-16-17-18-19-20-21-22-23-26-39-32(38)25-24-29-27-30(34(2,3)4)33(40-41(36)37)31(28-29)35(5,6)7/h27-28H,8-26H2,1-7H3. The maximum Gasteiger partial charge on any atom is 0.481 e. The van der Waals surface area contributed by atoms with E-state index in [2.05, 4.69) is 6.92 Å². The number of ether oxygens (including phenoxy) is 1. The quantitative estimate of drug-likeness (QED) is 0.0756. The number of benzene rings is 1. The molecule has 0 heterocycles. The first-order valence-corrected chi connectivity index (χ1v) is 17.5. The van der Waals surface area contributed by atoms with Crippen molar-refractivity contribution >= 4 is 14.7 Å². The van der Waals surface area contributed by atoms with Gasteiger partial charge in [-0.1, -0.05) is 157 Å². The van der Waals surface area contributed by atoms with Gasteiger partial charge in [-0.25, -0.2) is 0 Å². The lowest BCUT2D eigenvalue weighted by molar-refractivity contribution is -0.143. The number of hydrogen-bond donors (Lipinski definition) is 0. The third kappa shape index (κ3) is 17.5. The van der Waals surface area contributed by atoms with Crippen molar-refractivity contribution in [1.82, 2.24) is 0 Å². The van der Waals surface area contributed by atoms with Crippen LogP contribution in [0.4, 0.5) is 8.39 Å². The van der Waals surface area contributed by atoms with Crippen LogP contribution >= 0.6 is 8.77 Å². The van der Waals surface area contributed by atoms with Gasteiger partial charge in [0.1, 0.15) is 5.75 Å². The van der Waals surface area contributed by atoms with Crippen LogP contribution in [0.2, 0.25) is 0 Å². The molecule has 3 nitrogen and oxygen atoms in total. The number of carbonyl (C=O) groups excluding carboxylic acids is 1. The van der Waals surface area contributed by atoms with Gasteiger partial charge < -0.3 is 9.26 Å². The molecule has 0 radical (unpaired) electrons. The summed E-state index contributed by atoms with van der Waals surface area (Å²) in [5.41, 5.74) is 1.72. The highest BCUT2D eigenvalue weighted by Gasteiger charge is 2.30. The molecule has 0 saturated carbocycles. The molecule has 0 bridgehead atoms. The fourth-order valence-corrected chi connectivity index (χ4v) is 5.60. The van der Waals surface area contributed by atoms with Crippen molar-refractivity contribution in [1.29, 1.82) is 0 Å². The maximum atomic E-state index is 13.3. The molecular formula is C35H61F2O3P. The fourth-order valence-electron chi connectivity index (χ4n) is 5.27. The SMILES string of the molecule is CCCCCCCCCCCCCCCCCCOC(=O)CCc1cc(C(C)(C)C)c(OP(F)F)c(C(C)(C)C)c1. The number of rotatable bonds is 22. The van der Waals surface area contributed by atoms with Gasteiger partial charge in [-0.2, -0.15) is 0 Å². The van der Waals surface area contributed by atoms with Gasteiger partial charge in [-0.05, 0) is 29.2 Å². The van der Waals surface area contributed by atoms with Gasteiger partial charge in [0.25, 0.3) is 0 Å². The molecule has 0 aliphatic rings. The molecule has 1 aromatic carbocycles. The van der Waals surface area contributed by atoms with Crippen molar-refractivity contribution in [2.24, 2.45) is 0 Å². The van der Waals surface area contributed by atoms with Gasteiger partial charge in [-0.15, -0.1) is 8.39 Å². The van der Waals surface area contributed by atoms with E-state index in [4.69, 9.17) is 9.26 Å². The highest BCUT2D eigenvalue weighted by Crippen LogP contribution is 2.49. The Balaban J connectivity index is 2.27. The largest absolute Gasteiger partial charge is 0.481 e. The molecule has 0 atom stereocenters. The Hall–Kier alpha value is -1.22. The van der Waals surface area contributed by atoms with E-state index in [0.717, 1.165) is 29.5 Å². The minimum Gasteiger partial charge on any atom is -0.466 e. The summed E-state index contributed by atoms with van der Waals surface area (Å²) in [7, 11) is -3.53. The summed E-state index contributed by atoms with van der Waals surface area (Å²) < 4.78 is 37.3. The number of aryl methyl sites for hydroxylation is 1. The Kier molecular flexibility index (Phi) is 19.0. The van der Waals surface area contributed by atoms with Crippen molar-refractivity contribution in [3.8, 4) is 5.75 Å². The van der Waals surface area contributed by atoms with Gasteiger partial charge >= 0.3 is 14.7 Å². The zero-order valence-electron chi connectivity index (χ0n) is 27.5. The summed E-state index contributed by atoms with van der Waals surface area (Å²) in [6, 6.07) is 3.85. The highest BCUT2D eigenvalue weighted by atomic mass is 31.2. The molecule has 0 aliphatic heterocycles. The highest BCUT2D eigenvalue weighted by molar-refractivity contribution is 7.41. The zero-order valence-corrected chi connectivity index (χ0v) is 28.4. The molecule has 0 unspecified atom stereocenters. The second-order valence-corrected chi connectivity index (χ2v) is 14.4. The Morgan fingerprint density at radius 1 is 0.683 bits per heavy atom. The van der Waals surface area contributed by atoms with E-state index in [-0.39, 0.29) is 29.0 Å². The van der Waals surface area contributed by atoms with Crippen LogP contribution in [0.3, 0.4) is 0 Å². The second-order valence-electron chi connectivity index (χ2n) is 13.8. The number of halogens is 2. The van der Waals surface area contributed by atoms with Gasteiger partial charge in [0.05, 0.1) is 6.61 Å². The summed E-state index contributed by atoms with van der Waals surface area (Å²) in [4.78, 5) is 12.4. The van der Waals surface area contributed by atoms with Gasteiger partial charge in [0.15, 0.2) is 0 Å². The van der Waals surface area contributed by atoms with Gasteiger partial charge in [0, 0.05) is 17.5 Å². The maximum absolute atomic E-state index is 13.3. The predicted octanol–water partition coefficient (Wildman–Crippen LogP) is 12.6. The Morgan fingerprint density at radius 2 is 1.07 bits per heavy atom. The number of hydrogen-bond acceptors (Lipinski definition) is 3. The average molecular weight is 599 g/mol. The molecule has 0 aliphatic carbocycles. The zero-order chi connectivity index (χ0) is 30.7. The van der Waals surface area contributed by atoms with Crippen LogP contribution < -0.4 is 4.52 Å². The van der Waals surface area contributed by atoms with E-state index in [9.17, 15) is 13.2 Å². The summed E-state index contributed by atoms with van der Waals surface area (Å²) >= 11 is 0. The van der Waals surface area contributed by atoms with E-state index >= 15 is 0 Å². The number of unbranched alkanes of at least 4 members (excludes halogenated alkanes) is 15. The summed E-state index contributed by atoms with van der Waals surface area (Å²) in [5, 5.41) is 0. The lowest BCUT2D eigenvalue weighted by Crippen LogP contribution is -2.19. The van der Waals surface area contributed by atoms with E-state index in [0.29, 0.717) is 13.0 Å². The Bertz CT molecular complexity index is 808. The van der Waals surface area contributed by atoms with Crippen LogP contribution in [-0.2, 0) is 26.8 Å². The number of carbonyl (C=O) groups is 1. The lowest BCUT2D eigenvalue weighted by Gasteiger charge is -2.30. The Labute approximate surface area is 253 Å². The smallest absolute Gasteiger partial charge is 0.466 e. The molecular weight excluding hydrogens is 537 g/mol. The normalized spacial score (nSPS) is 12.2. The van der Waals surface area contributed by atoms with Crippen molar-refractivity contribution < 1.29 is 22.4 Å². The minimum absolute atomic E-state index is 0.197. The molecule has 1 aromatic rings. The molecule has 0 N–H and O–H groups in total. The Morgan fingerprint density at radius 3 is 1.44 bits per heavy atom. The van der Waals surface area contributed by atoms with Crippen LogP contribution in [0.1, 0.15) is 174 Å². The molecule has 1 rings (SSSR count). The van der Waals surface area contributed by atoms with E-state index in [1.54, 1.807) is 0 Å². The van der Waals surface area contributed by atoms with E-state index in [1.807, 2.05) is 53.7 Å². The topological polar surface area (TPSA) is 35.5 Å². The van der Waals surface area contributed by atoms with Crippen LogP contribution in [0.25, 0.3) is 0 Å². The molecule has 0 amide bonds. The van der Waals surface area contributed by atoms with E-state index in [1.165, 1.54) is 89.9 Å². The lowest BCUT2D eigenvalue weighted by atomic mass is 9.78. The third-order valence-electron chi connectivity index (χ3n) is 7.80. The van der Waals surface area contributed by atoms with Crippen LogP contribution in [0.15, 0.2) is 12.1 Å². The monoisotopic (exact) mass is 598 g/mol. The fraction of sp³-hybridized carbons (Fsp3) is 0.800. The van der Waals surface area contributed by atoms with Crippen molar-refractivity contribution in [3.05, 3.63) is 28.8 Å². The molecule has 238 valence electrons. The second kappa shape index (κ2) is 20.6. The first kappa shape index (κ1) is 37.8. The van der Waals surface area contributed by atoms with Crippen LogP contribution in [0.5, 0.6) is 5.75 Å². The molecule has 6 heteroatoms. The first-order valence-electron chi connectivity index (χ1n) is 16.5. The summed E-state index contributed by atoms with van der Waals surface area (Å²) in [6.07, 6.45) is 21.9. The number of esters is 1. The first-order chi connectivity index (χ1) is 19.4. The van der Waals surface area contributed by atoms with E-state index < -0.39 is 8.77 Å². The van der Waals surface area contributed by atoms with Crippen molar-refractivity contribution in [3.63, 3.8) is 0 Å². The van der Waals surface area contributed by atoms with Crippen LogP contribution in [-0.4, -0.2) is 12.6 Å². The van der Waals surface area contributed by atoms with Crippen LogP contribution in [0, 0.1) is 0 Å². The van der Waals surface area contributed by atoms with Crippen molar-refractivity contribution in [2.45, 2.75) is 175 Å². The van der Waals surface area contributed by atoms with Gasteiger partial charge in [0.2, 0.25) is 0 Å². The molecule has 0 spiro atoms. The molecule has 0 aromatic heterocycles. The third-order valence-corrected chi connectivity index (χ3v) is 8.12. The minimum atomic E-state index is -3.53. The molecule has 41 heavy (non-hydrogen) atoms. The van der Waals surface area contributed by atoms with Crippen molar-refractivity contribution in [2.75, 3.05) is 6.61 Å². The average Bonchev–Trinajstić information content (AvgIpc) is 2.88. The predicted molar refractivity (Wildman–Crippen MR) is 172 cm³/mol.